The average molecular weight is 311 g/mol. The fraction of sp³-hybridized carbons (Fsp3) is 0.308. The van der Waals surface area contributed by atoms with Gasteiger partial charge in [0, 0.05) is 11.4 Å². The molecule has 0 saturated heterocycles. The van der Waals surface area contributed by atoms with Crippen LogP contribution >= 0.6 is 15.9 Å². The third kappa shape index (κ3) is 2.15. The second kappa shape index (κ2) is 5.12. The van der Waals surface area contributed by atoms with E-state index >= 15 is 0 Å². The molecule has 0 fully saturated rings. The van der Waals surface area contributed by atoms with E-state index in [1.54, 1.807) is 6.92 Å². The molecule has 0 aliphatic rings. The summed E-state index contributed by atoms with van der Waals surface area (Å²) in [5.41, 5.74) is 8.21. The number of benzene rings is 1. The maximum atomic E-state index is 11.8. The number of hydrogen-bond acceptors (Lipinski definition) is 3. The number of nitrogens with one attached hydrogen (secondary N) is 1. The van der Waals surface area contributed by atoms with Gasteiger partial charge in [0.15, 0.2) is 0 Å². The minimum absolute atomic E-state index is 0.103. The lowest BCUT2D eigenvalue weighted by Crippen LogP contribution is -2.07. The van der Waals surface area contributed by atoms with Crippen LogP contribution in [0.2, 0.25) is 0 Å². The molecule has 0 saturated carbocycles. The lowest BCUT2D eigenvalue weighted by atomic mass is 10.1. The van der Waals surface area contributed by atoms with Crippen molar-refractivity contribution in [2.24, 2.45) is 5.73 Å². The van der Waals surface area contributed by atoms with Gasteiger partial charge >= 0.3 is 5.97 Å². The Hall–Kier alpha value is -1.33. The number of aromatic amines is 1. The number of para-hydroxylation sites is 1. The van der Waals surface area contributed by atoms with Crippen molar-refractivity contribution in [2.45, 2.75) is 19.9 Å². The van der Waals surface area contributed by atoms with Crippen molar-refractivity contribution in [1.29, 1.82) is 0 Å². The summed E-state index contributed by atoms with van der Waals surface area (Å²) in [7, 11) is 0. The van der Waals surface area contributed by atoms with Gasteiger partial charge in [-0.3, -0.25) is 0 Å². The molecule has 2 rings (SSSR count). The minimum atomic E-state index is -0.365. The van der Waals surface area contributed by atoms with Crippen LogP contribution in [0.3, 0.4) is 0 Å². The average Bonchev–Trinajstić information content (AvgIpc) is 2.67. The number of rotatable bonds is 3. The van der Waals surface area contributed by atoms with Crippen molar-refractivity contribution in [1.82, 2.24) is 4.98 Å². The molecule has 96 valence electrons. The Kier molecular flexibility index (Phi) is 3.73. The summed E-state index contributed by atoms with van der Waals surface area (Å²) in [5, 5.41) is 0.938. The summed E-state index contributed by atoms with van der Waals surface area (Å²) in [6.45, 7) is 4.04. The summed E-state index contributed by atoms with van der Waals surface area (Å²) in [6, 6.07) is 5.71. The Morgan fingerprint density at radius 3 is 2.89 bits per heavy atom. The largest absolute Gasteiger partial charge is 0.461 e. The van der Waals surface area contributed by atoms with E-state index in [1.165, 1.54) is 0 Å². The molecule has 1 heterocycles. The predicted octanol–water partition coefficient (Wildman–Crippen LogP) is 3.13. The van der Waals surface area contributed by atoms with E-state index in [0.29, 0.717) is 12.3 Å². The van der Waals surface area contributed by atoms with E-state index in [9.17, 15) is 4.79 Å². The molecular formula is C13H15BrN2O2. The Bertz CT molecular complexity index is 590. The predicted molar refractivity (Wildman–Crippen MR) is 74.6 cm³/mol. The van der Waals surface area contributed by atoms with Gasteiger partial charge in [0.25, 0.3) is 0 Å². The number of ether oxygens (including phenoxy) is 1. The van der Waals surface area contributed by atoms with Crippen LogP contribution in [0.5, 0.6) is 0 Å². The van der Waals surface area contributed by atoms with Gasteiger partial charge in [0.1, 0.15) is 5.69 Å². The first-order chi connectivity index (χ1) is 8.56. The monoisotopic (exact) mass is 310 g/mol. The van der Waals surface area contributed by atoms with Gasteiger partial charge in [-0.1, -0.05) is 18.2 Å². The third-order valence-corrected chi connectivity index (χ3v) is 3.60. The van der Waals surface area contributed by atoms with Gasteiger partial charge in [-0.2, -0.15) is 0 Å². The van der Waals surface area contributed by atoms with Crippen LogP contribution in [0, 0.1) is 0 Å². The van der Waals surface area contributed by atoms with E-state index in [2.05, 4.69) is 20.9 Å². The van der Waals surface area contributed by atoms with Crippen LogP contribution in [-0.4, -0.2) is 17.6 Å². The van der Waals surface area contributed by atoms with E-state index in [4.69, 9.17) is 10.5 Å². The SMILES string of the molecule is CCOC(=O)c1[nH]c2c([C@H](C)N)cccc2c1Br. The zero-order valence-corrected chi connectivity index (χ0v) is 11.9. The lowest BCUT2D eigenvalue weighted by molar-refractivity contribution is 0.0519. The van der Waals surface area contributed by atoms with E-state index in [-0.39, 0.29) is 12.0 Å². The topological polar surface area (TPSA) is 68.1 Å². The van der Waals surface area contributed by atoms with Crippen LogP contribution in [0.4, 0.5) is 0 Å². The number of H-pyrrole nitrogens is 1. The van der Waals surface area contributed by atoms with Gasteiger partial charge in [0.2, 0.25) is 0 Å². The smallest absolute Gasteiger partial charge is 0.355 e. The Morgan fingerprint density at radius 1 is 1.56 bits per heavy atom. The van der Waals surface area contributed by atoms with Crippen LogP contribution in [0.1, 0.15) is 35.9 Å². The van der Waals surface area contributed by atoms with Crippen molar-refractivity contribution in [3.63, 3.8) is 0 Å². The van der Waals surface area contributed by atoms with Crippen molar-refractivity contribution in [3.8, 4) is 0 Å². The Balaban J connectivity index is 2.62. The number of nitrogens with two attached hydrogens (primary N) is 1. The van der Waals surface area contributed by atoms with Gasteiger partial charge in [-0.25, -0.2) is 4.79 Å². The summed E-state index contributed by atoms with van der Waals surface area (Å²) in [5.74, 6) is -0.365. The maximum Gasteiger partial charge on any atom is 0.355 e. The van der Waals surface area contributed by atoms with Gasteiger partial charge in [-0.05, 0) is 35.3 Å². The molecule has 1 aromatic heterocycles. The van der Waals surface area contributed by atoms with Crippen molar-refractivity contribution in [2.75, 3.05) is 6.61 Å². The molecule has 1 aromatic carbocycles. The van der Waals surface area contributed by atoms with Gasteiger partial charge < -0.3 is 15.5 Å². The zero-order valence-electron chi connectivity index (χ0n) is 10.3. The second-order valence-electron chi connectivity index (χ2n) is 4.09. The Labute approximate surface area is 114 Å². The molecule has 0 spiro atoms. The number of carbonyl (C=O) groups is 1. The van der Waals surface area contributed by atoms with Gasteiger partial charge in [-0.15, -0.1) is 0 Å². The van der Waals surface area contributed by atoms with Gasteiger partial charge in [0.05, 0.1) is 16.6 Å². The fourth-order valence-corrected chi connectivity index (χ4v) is 2.52. The molecule has 0 aliphatic carbocycles. The minimum Gasteiger partial charge on any atom is -0.461 e. The quantitative estimate of drug-likeness (QED) is 0.856. The van der Waals surface area contributed by atoms with E-state index in [1.807, 2.05) is 25.1 Å². The first-order valence-corrected chi connectivity index (χ1v) is 6.58. The maximum absolute atomic E-state index is 11.8. The first-order valence-electron chi connectivity index (χ1n) is 5.79. The summed E-state index contributed by atoms with van der Waals surface area (Å²) >= 11 is 3.43. The normalized spacial score (nSPS) is 12.7. The highest BCUT2D eigenvalue weighted by Crippen LogP contribution is 2.32. The zero-order chi connectivity index (χ0) is 13.3. The molecule has 4 nitrogen and oxygen atoms in total. The highest BCUT2D eigenvalue weighted by atomic mass is 79.9. The first kappa shape index (κ1) is 13.1. The van der Waals surface area contributed by atoms with Crippen molar-refractivity contribution < 1.29 is 9.53 Å². The van der Waals surface area contributed by atoms with Crippen molar-refractivity contribution >= 4 is 32.8 Å². The number of esters is 1. The number of carbonyl (C=O) groups excluding carboxylic acids is 1. The highest BCUT2D eigenvalue weighted by Gasteiger charge is 2.19. The molecule has 3 N–H and O–H groups in total. The Morgan fingerprint density at radius 2 is 2.28 bits per heavy atom. The number of fused-ring (bicyclic) bond motifs is 1. The molecule has 0 amide bonds. The highest BCUT2D eigenvalue weighted by molar-refractivity contribution is 9.10. The molecular weight excluding hydrogens is 296 g/mol. The molecule has 0 aliphatic heterocycles. The summed E-state index contributed by atoms with van der Waals surface area (Å²) in [4.78, 5) is 14.9. The molecule has 1 atom stereocenters. The van der Waals surface area contributed by atoms with Crippen LogP contribution in [0.25, 0.3) is 10.9 Å². The van der Waals surface area contributed by atoms with Crippen LogP contribution < -0.4 is 5.73 Å². The van der Waals surface area contributed by atoms with Crippen molar-refractivity contribution in [3.05, 3.63) is 33.9 Å². The summed E-state index contributed by atoms with van der Waals surface area (Å²) in [6.07, 6.45) is 0. The second-order valence-corrected chi connectivity index (χ2v) is 4.89. The number of hydrogen-bond donors (Lipinski definition) is 2. The molecule has 18 heavy (non-hydrogen) atoms. The molecule has 0 unspecified atom stereocenters. The molecule has 0 radical (unpaired) electrons. The fourth-order valence-electron chi connectivity index (χ4n) is 1.93. The lowest BCUT2D eigenvalue weighted by Gasteiger charge is -2.06. The van der Waals surface area contributed by atoms with Crippen LogP contribution in [0.15, 0.2) is 22.7 Å². The van der Waals surface area contributed by atoms with E-state index in [0.717, 1.165) is 20.9 Å². The standard InChI is InChI=1S/C13H15BrN2O2/c1-3-18-13(17)12-10(14)9-6-4-5-8(7(2)15)11(9)16-12/h4-7,16H,3,15H2,1-2H3/t7-/m0/s1. The molecule has 5 heteroatoms. The molecule has 0 bridgehead atoms. The number of halogens is 1. The van der Waals surface area contributed by atoms with Crippen LogP contribution in [-0.2, 0) is 4.74 Å². The summed E-state index contributed by atoms with van der Waals surface area (Å²) < 4.78 is 5.73. The van der Waals surface area contributed by atoms with E-state index < -0.39 is 0 Å². The third-order valence-electron chi connectivity index (χ3n) is 2.77. The number of aromatic nitrogens is 1. The molecule has 2 aromatic rings.